The minimum absolute atomic E-state index is 0.114. The van der Waals surface area contributed by atoms with Crippen molar-refractivity contribution in [3.05, 3.63) is 64.6 Å². The molecule has 29 heavy (non-hydrogen) atoms. The Labute approximate surface area is 176 Å². The van der Waals surface area contributed by atoms with Crippen molar-refractivity contribution < 1.29 is 24.2 Å². The average Bonchev–Trinajstić information content (AvgIpc) is 2.96. The molecule has 3 rings (SSSR count). The van der Waals surface area contributed by atoms with Crippen LogP contribution < -0.4 is 10.1 Å². The first-order valence-corrected chi connectivity index (χ1v) is 9.62. The predicted octanol–water partition coefficient (Wildman–Crippen LogP) is 3.23. The molecule has 0 radical (unpaired) electrons. The largest absolute Gasteiger partial charge is 0.497 e. The molecule has 0 bridgehead atoms. The third-order valence-electron chi connectivity index (χ3n) is 4.00. The molecule has 7 nitrogen and oxygen atoms in total. The van der Waals surface area contributed by atoms with Crippen LogP contribution in [-0.4, -0.2) is 45.8 Å². The fourth-order valence-electron chi connectivity index (χ4n) is 2.53. The average molecular weight is 428 g/mol. The number of thiocarbonyl (C=S) groups is 1. The number of carbonyl (C=O) groups is 3. The molecule has 1 heterocycles. The summed E-state index contributed by atoms with van der Waals surface area (Å²) in [6.07, 6.45) is 1.71. The summed E-state index contributed by atoms with van der Waals surface area (Å²) in [5, 5.41) is 11.5. The molecule has 9 heteroatoms. The number of hydrogen-bond donors (Lipinski definition) is 2. The van der Waals surface area contributed by atoms with Crippen molar-refractivity contribution in [3.8, 4) is 5.75 Å². The minimum Gasteiger partial charge on any atom is -0.497 e. The minimum atomic E-state index is -1.05. The molecular formula is C20H16N2O5S2. The monoisotopic (exact) mass is 428 g/mol. The number of aromatic carboxylic acids is 1. The highest BCUT2D eigenvalue weighted by Gasteiger charge is 2.33. The van der Waals surface area contributed by atoms with Gasteiger partial charge in [-0.15, -0.1) is 0 Å². The van der Waals surface area contributed by atoms with Gasteiger partial charge in [-0.3, -0.25) is 14.5 Å². The number of hydrogen-bond acceptors (Lipinski definition) is 6. The maximum atomic E-state index is 12.6. The number of nitrogens with one attached hydrogen (secondary N) is 1. The molecule has 2 aromatic rings. The summed E-state index contributed by atoms with van der Waals surface area (Å²) >= 11 is 6.37. The SMILES string of the molecule is COc1ccc(C=C2SC(=S)N(CC(=O)Nc3ccc(C(=O)O)cc3)C2=O)cc1. The Kier molecular flexibility index (Phi) is 6.30. The molecule has 0 aliphatic carbocycles. The Morgan fingerprint density at radius 3 is 2.41 bits per heavy atom. The molecule has 0 unspecified atom stereocenters. The van der Waals surface area contributed by atoms with Gasteiger partial charge < -0.3 is 15.2 Å². The predicted molar refractivity (Wildman–Crippen MR) is 115 cm³/mol. The zero-order chi connectivity index (χ0) is 21.0. The quantitative estimate of drug-likeness (QED) is 0.539. The number of nitrogens with zero attached hydrogens (tertiary/aromatic N) is 1. The zero-order valence-electron chi connectivity index (χ0n) is 15.2. The van der Waals surface area contributed by atoms with Gasteiger partial charge in [0.1, 0.15) is 16.6 Å². The molecule has 1 fully saturated rings. The highest BCUT2D eigenvalue weighted by Crippen LogP contribution is 2.32. The van der Waals surface area contributed by atoms with E-state index in [1.807, 2.05) is 12.1 Å². The van der Waals surface area contributed by atoms with Crippen molar-refractivity contribution in [2.75, 3.05) is 19.0 Å². The Morgan fingerprint density at radius 2 is 1.83 bits per heavy atom. The number of carbonyl (C=O) groups excluding carboxylic acids is 2. The number of rotatable bonds is 6. The van der Waals surface area contributed by atoms with Gasteiger partial charge in [0.25, 0.3) is 5.91 Å². The molecule has 148 valence electrons. The lowest BCUT2D eigenvalue weighted by molar-refractivity contribution is -0.126. The lowest BCUT2D eigenvalue weighted by Gasteiger charge is -2.14. The fourth-order valence-corrected chi connectivity index (χ4v) is 3.78. The van der Waals surface area contributed by atoms with E-state index in [2.05, 4.69) is 5.32 Å². The highest BCUT2D eigenvalue weighted by atomic mass is 32.2. The van der Waals surface area contributed by atoms with Crippen molar-refractivity contribution in [2.45, 2.75) is 0 Å². The van der Waals surface area contributed by atoms with Crippen LogP contribution in [0.5, 0.6) is 5.75 Å². The first-order chi connectivity index (χ1) is 13.9. The molecule has 2 N–H and O–H groups in total. The second-order valence-corrected chi connectivity index (χ2v) is 7.65. The van der Waals surface area contributed by atoms with Gasteiger partial charge in [-0.1, -0.05) is 36.1 Å². The van der Waals surface area contributed by atoms with Crippen molar-refractivity contribution in [3.63, 3.8) is 0 Å². The number of thioether (sulfide) groups is 1. The van der Waals surface area contributed by atoms with Crippen LogP contribution in [-0.2, 0) is 9.59 Å². The molecule has 1 aliphatic heterocycles. The van der Waals surface area contributed by atoms with E-state index in [0.29, 0.717) is 20.7 Å². The summed E-state index contributed by atoms with van der Waals surface area (Å²) in [5.41, 5.74) is 1.36. The lowest BCUT2D eigenvalue weighted by Crippen LogP contribution is -2.36. The second kappa shape index (κ2) is 8.89. The summed E-state index contributed by atoms with van der Waals surface area (Å²) in [4.78, 5) is 37.5. The van der Waals surface area contributed by atoms with E-state index in [-0.39, 0.29) is 18.0 Å². The maximum Gasteiger partial charge on any atom is 0.335 e. The molecule has 1 saturated heterocycles. The molecule has 0 aromatic heterocycles. The van der Waals surface area contributed by atoms with Crippen LogP contribution in [0.25, 0.3) is 6.08 Å². The normalized spacial score (nSPS) is 14.9. The summed E-state index contributed by atoms with van der Waals surface area (Å²) in [6, 6.07) is 12.9. The number of carboxylic acid groups (broad SMARTS) is 1. The van der Waals surface area contributed by atoms with Crippen LogP contribution in [0.15, 0.2) is 53.4 Å². The fraction of sp³-hybridized carbons (Fsp3) is 0.100. The maximum absolute atomic E-state index is 12.6. The molecule has 0 saturated carbocycles. The van der Waals surface area contributed by atoms with Crippen LogP contribution in [0.3, 0.4) is 0 Å². The first-order valence-electron chi connectivity index (χ1n) is 8.40. The zero-order valence-corrected chi connectivity index (χ0v) is 16.9. The summed E-state index contributed by atoms with van der Waals surface area (Å²) in [7, 11) is 1.58. The Hall–Kier alpha value is -3.17. The summed E-state index contributed by atoms with van der Waals surface area (Å²) < 4.78 is 5.41. The number of anilines is 1. The standard InChI is InChI=1S/C20H16N2O5S2/c1-27-15-8-2-12(3-9-15)10-16-18(24)22(20(28)29-16)11-17(23)21-14-6-4-13(5-7-14)19(25)26/h2-10H,11H2,1H3,(H,21,23)(H,25,26). The number of methoxy groups -OCH3 is 1. The molecule has 2 amide bonds. The van der Waals surface area contributed by atoms with Gasteiger partial charge in [0, 0.05) is 5.69 Å². The Bertz CT molecular complexity index is 1000. The van der Waals surface area contributed by atoms with Gasteiger partial charge in [0.05, 0.1) is 17.6 Å². The van der Waals surface area contributed by atoms with Crippen molar-refractivity contribution in [1.29, 1.82) is 0 Å². The summed E-state index contributed by atoms with van der Waals surface area (Å²) in [5.74, 6) is -1.12. The van der Waals surface area contributed by atoms with Crippen LogP contribution in [0, 0.1) is 0 Å². The van der Waals surface area contributed by atoms with E-state index in [1.54, 1.807) is 25.3 Å². The van der Waals surface area contributed by atoms with Crippen LogP contribution in [0.1, 0.15) is 15.9 Å². The van der Waals surface area contributed by atoms with E-state index in [9.17, 15) is 14.4 Å². The topological polar surface area (TPSA) is 95.9 Å². The lowest BCUT2D eigenvalue weighted by atomic mass is 10.2. The van der Waals surface area contributed by atoms with Crippen molar-refractivity contribution in [1.82, 2.24) is 4.90 Å². The van der Waals surface area contributed by atoms with Gasteiger partial charge in [-0.05, 0) is 48.0 Å². The first kappa shape index (κ1) is 20.6. The third-order valence-corrected chi connectivity index (χ3v) is 5.38. The molecule has 0 spiro atoms. The van der Waals surface area contributed by atoms with Crippen LogP contribution in [0.4, 0.5) is 5.69 Å². The Balaban J connectivity index is 1.65. The number of amides is 2. The summed E-state index contributed by atoms with van der Waals surface area (Å²) in [6.45, 7) is -0.231. The van der Waals surface area contributed by atoms with E-state index < -0.39 is 11.9 Å². The van der Waals surface area contributed by atoms with Crippen molar-refractivity contribution >= 4 is 57.8 Å². The van der Waals surface area contributed by atoms with Gasteiger partial charge in [0.2, 0.25) is 5.91 Å². The molecule has 1 aliphatic rings. The molecular weight excluding hydrogens is 412 g/mol. The molecule has 0 atom stereocenters. The van der Waals surface area contributed by atoms with Gasteiger partial charge in [0.15, 0.2) is 0 Å². The third kappa shape index (κ3) is 5.01. The van der Waals surface area contributed by atoms with Gasteiger partial charge in [-0.2, -0.15) is 0 Å². The van der Waals surface area contributed by atoms with Gasteiger partial charge >= 0.3 is 5.97 Å². The van der Waals surface area contributed by atoms with Crippen molar-refractivity contribution in [2.24, 2.45) is 0 Å². The number of carboxylic acids is 1. The Morgan fingerprint density at radius 1 is 1.17 bits per heavy atom. The van der Waals surface area contributed by atoms with E-state index in [4.69, 9.17) is 22.1 Å². The molecule has 2 aromatic carbocycles. The van der Waals surface area contributed by atoms with E-state index >= 15 is 0 Å². The van der Waals surface area contributed by atoms with E-state index in [0.717, 1.165) is 17.3 Å². The highest BCUT2D eigenvalue weighted by molar-refractivity contribution is 8.26. The smallest absolute Gasteiger partial charge is 0.335 e. The number of benzene rings is 2. The van der Waals surface area contributed by atoms with E-state index in [1.165, 1.54) is 29.2 Å². The van der Waals surface area contributed by atoms with Crippen LogP contribution >= 0.6 is 24.0 Å². The number of ether oxygens (including phenoxy) is 1. The second-order valence-electron chi connectivity index (χ2n) is 5.97. The van der Waals surface area contributed by atoms with Gasteiger partial charge in [-0.25, -0.2) is 4.79 Å². The van der Waals surface area contributed by atoms with Crippen LogP contribution in [0.2, 0.25) is 0 Å².